The van der Waals surface area contributed by atoms with Crippen LogP contribution in [0.4, 0.5) is 23.0 Å². The average molecular weight is 728 g/mol. The summed E-state index contributed by atoms with van der Waals surface area (Å²) in [4.78, 5) is 16.4. The first-order valence-electron chi connectivity index (χ1n) is 20.5. The van der Waals surface area contributed by atoms with Crippen LogP contribution < -0.4 is 25.8 Å². The standard InChI is InChI=1S/C27H42N4O.C15H24N4.CH3N/c1-3-10-25-13-8-6-5-7-11-23(4-2)15-18-30(19-20-32)26-14-16-28-27(21-26)29-24-12-9-17-31(25)22-24;1-2-9-19(10-3-1)14-6-8-17-15(11-14)18-13-5-4-7-16-12-13;1-2/h3,6,8,10,13-14,16,21,23-24,32H,4-5,7,9,11-12,15,17-20,22H2,1-2H3,(H,28,29);6,8,11,13,16H,1-5,7,9-10,12H2,(H,17,18);2H,1H2/b8-6+,10-3-,25-13+;;. The number of hydrogen-bond acceptors (Lipinski definition) is 10. The van der Waals surface area contributed by atoms with E-state index in [0.717, 1.165) is 75.2 Å². The minimum absolute atomic E-state index is 0.171. The van der Waals surface area contributed by atoms with E-state index in [-0.39, 0.29) is 6.61 Å². The Morgan fingerprint density at radius 1 is 0.925 bits per heavy atom. The number of fused-ring (bicyclic) bond motifs is 4. The lowest BCUT2D eigenvalue weighted by Crippen LogP contribution is -2.41. The van der Waals surface area contributed by atoms with Gasteiger partial charge in [0.1, 0.15) is 11.6 Å². The highest BCUT2D eigenvalue weighted by atomic mass is 16.3. The van der Waals surface area contributed by atoms with E-state index in [0.29, 0.717) is 18.6 Å². The van der Waals surface area contributed by atoms with Crippen LogP contribution in [0.1, 0.15) is 90.9 Å². The van der Waals surface area contributed by atoms with Crippen molar-refractivity contribution in [1.29, 1.82) is 5.41 Å². The quantitative estimate of drug-likeness (QED) is 0.182. The van der Waals surface area contributed by atoms with E-state index in [1.807, 2.05) is 12.4 Å². The Kier molecular flexibility index (Phi) is 19.3. The third-order valence-electron chi connectivity index (χ3n) is 10.8. The van der Waals surface area contributed by atoms with Crippen molar-refractivity contribution in [3.63, 3.8) is 0 Å². The van der Waals surface area contributed by atoms with Crippen LogP contribution in [0, 0.1) is 11.3 Å². The van der Waals surface area contributed by atoms with Crippen LogP contribution in [0.2, 0.25) is 0 Å². The first-order valence-corrected chi connectivity index (χ1v) is 20.5. The Labute approximate surface area is 320 Å². The molecule has 5 N–H and O–H groups in total. The molecule has 0 radical (unpaired) electrons. The minimum atomic E-state index is 0.171. The van der Waals surface area contributed by atoms with Gasteiger partial charge in [-0.15, -0.1) is 0 Å². The third-order valence-corrected chi connectivity index (χ3v) is 10.8. The van der Waals surface area contributed by atoms with E-state index in [2.05, 4.69) is 116 Å². The molecule has 0 saturated carbocycles. The normalized spacial score (nSPS) is 24.5. The van der Waals surface area contributed by atoms with E-state index < -0.39 is 0 Å². The number of β-amino-alcohol motifs (C(OH)–C–C–N with tert-alkyl or cyclic N) is 1. The molecule has 0 amide bonds. The first kappa shape index (κ1) is 41.9. The number of aromatic nitrogens is 2. The highest BCUT2D eigenvalue weighted by Crippen LogP contribution is 2.25. The zero-order chi connectivity index (χ0) is 37.5. The molecule has 3 atom stereocenters. The molecule has 0 spiro atoms. The molecule has 10 heteroatoms. The minimum Gasteiger partial charge on any atom is -0.395 e. The van der Waals surface area contributed by atoms with E-state index in [9.17, 15) is 5.11 Å². The van der Waals surface area contributed by atoms with E-state index in [1.54, 1.807) is 0 Å². The van der Waals surface area contributed by atoms with Crippen LogP contribution >= 0.6 is 0 Å². The lowest BCUT2D eigenvalue weighted by Gasteiger charge is -2.36. The van der Waals surface area contributed by atoms with Crippen LogP contribution in [0.3, 0.4) is 0 Å². The van der Waals surface area contributed by atoms with Crippen molar-refractivity contribution < 1.29 is 5.11 Å². The van der Waals surface area contributed by atoms with Crippen molar-refractivity contribution in [1.82, 2.24) is 20.2 Å². The molecule has 292 valence electrons. The summed E-state index contributed by atoms with van der Waals surface area (Å²) in [6.07, 6.45) is 29.9. The molecule has 2 aromatic heterocycles. The molecule has 6 rings (SSSR count). The van der Waals surface area contributed by atoms with Crippen LogP contribution in [-0.2, 0) is 0 Å². The molecule has 53 heavy (non-hydrogen) atoms. The van der Waals surface area contributed by atoms with E-state index in [1.165, 1.54) is 82.3 Å². The topological polar surface area (TPSA) is 116 Å². The van der Waals surface area contributed by atoms with Crippen LogP contribution in [0.25, 0.3) is 0 Å². The maximum absolute atomic E-state index is 9.66. The monoisotopic (exact) mass is 728 g/mol. The fraction of sp³-hybridized carbons (Fsp3) is 0.605. The fourth-order valence-electron chi connectivity index (χ4n) is 7.87. The predicted octanol–water partition coefficient (Wildman–Crippen LogP) is 7.87. The number of piperidine rings is 3. The summed E-state index contributed by atoms with van der Waals surface area (Å²) in [6, 6.07) is 9.47. The molecule has 0 aromatic carbocycles. The van der Waals surface area contributed by atoms with Gasteiger partial charge >= 0.3 is 0 Å². The van der Waals surface area contributed by atoms with Crippen LogP contribution in [0.15, 0.2) is 72.7 Å². The SMILES string of the molecule is C=N.C\C=C/C1=C\C=C\CCCC(CC)CCN(CCO)c2ccnc(c2)NC2CCCN1C2.c1cc(N2CCCCC2)cc(NC2CCCNC2)n1. The molecular formula is C43H69N9O. The van der Waals surface area contributed by atoms with Gasteiger partial charge in [0.25, 0.3) is 0 Å². The summed E-state index contributed by atoms with van der Waals surface area (Å²) in [6.45, 7) is 15.4. The molecular weight excluding hydrogens is 659 g/mol. The zero-order valence-corrected chi connectivity index (χ0v) is 32.8. The number of aliphatic hydroxyl groups is 1. The second kappa shape index (κ2) is 24.4. The van der Waals surface area contributed by atoms with Crippen LogP contribution in [-0.4, -0.2) is 97.7 Å². The molecule has 2 aromatic rings. The summed E-state index contributed by atoms with van der Waals surface area (Å²) in [5.41, 5.74) is 3.76. The summed E-state index contributed by atoms with van der Waals surface area (Å²) in [5, 5.41) is 25.8. The Hall–Kier alpha value is -3.89. The van der Waals surface area contributed by atoms with Gasteiger partial charge in [-0.1, -0.05) is 38.0 Å². The lowest BCUT2D eigenvalue weighted by atomic mass is 9.95. The van der Waals surface area contributed by atoms with E-state index >= 15 is 0 Å². The molecule has 4 aliphatic rings. The fourth-order valence-corrected chi connectivity index (χ4v) is 7.87. The van der Waals surface area contributed by atoms with Gasteiger partial charge in [-0.3, -0.25) is 0 Å². The first-order chi connectivity index (χ1) is 26.1. The molecule has 6 heterocycles. The van der Waals surface area contributed by atoms with Crippen molar-refractivity contribution in [3.05, 3.63) is 72.7 Å². The zero-order valence-electron chi connectivity index (χ0n) is 32.8. The largest absolute Gasteiger partial charge is 0.395 e. The second-order valence-electron chi connectivity index (χ2n) is 14.7. The van der Waals surface area contributed by atoms with Gasteiger partial charge in [0.15, 0.2) is 0 Å². The number of nitrogens with zero attached hydrogens (tertiary/aromatic N) is 5. The van der Waals surface area contributed by atoms with Gasteiger partial charge in [0.05, 0.1) is 6.61 Å². The maximum atomic E-state index is 9.66. The average Bonchev–Trinajstić information content (AvgIpc) is 3.21. The molecule has 0 aliphatic carbocycles. The smallest absolute Gasteiger partial charge is 0.128 e. The number of nitrogens with one attached hydrogen (secondary N) is 4. The van der Waals surface area contributed by atoms with Crippen molar-refractivity contribution in [2.24, 2.45) is 5.92 Å². The summed E-state index contributed by atoms with van der Waals surface area (Å²) >= 11 is 0. The van der Waals surface area contributed by atoms with Gasteiger partial charge < -0.3 is 41.2 Å². The number of aliphatic hydroxyl groups excluding tert-OH is 1. The Bertz CT molecular complexity index is 1390. The number of rotatable bonds is 7. The van der Waals surface area contributed by atoms with Gasteiger partial charge in [-0.25, -0.2) is 9.97 Å². The van der Waals surface area contributed by atoms with Gasteiger partial charge in [-0.2, -0.15) is 0 Å². The van der Waals surface area contributed by atoms with E-state index in [4.69, 9.17) is 5.41 Å². The molecule has 3 fully saturated rings. The Morgan fingerprint density at radius 2 is 1.74 bits per heavy atom. The molecule has 4 bridgehead atoms. The number of anilines is 4. The predicted molar refractivity (Wildman–Crippen MR) is 226 cm³/mol. The third kappa shape index (κ3) is 14.5. The van der Waals surface area contributed by atoms with Gasteiger partial charge in [-0.05, 0) is 115 Å². The van der Waals surface area contributed by atoms with Crippen molar-refractivity contribution in [2.45, 2.75) is 103 Å². The molecule has 3 unspecified atom stereocenters. The maximum Gasteiger partial charge on any atom is 0.128 e. The highest BCUT2D eigenvalue weighted by molar-refractivity contribution is 5.55. The van der Waals surface area contributed by atoms with Crippen LogP contribution in [0.5, 0.6) is 0 Å². The molecule has 10 nitrogen and oxygen atoms in total. The summed E-state index contributed by atoms with van der Waals surface area (Å²) < 4.78 is 0. The van der Waals surface area contributed by atoms with Crippen molar-refractivity contribution >= 4 is 29.7 Å². The molecule has 3 saturated heterocycles. The number of allylic oxidation sites excluding steroid dienone is 5. The lowest BCUT2D eigenvalue weighted by molar-refractivity contribution is 0.276. The van der Waals surface area contributed by atoms with Crippen molar-refractivity contribution in [2.75, 3.05) is 79.4 Å². The molecule has 4 aliphatic heterocycles. The van der Waals surface area contributed by atoms with Crippen molar-refractivity contribution in [3.8, 4) is 0 Å². The summed E-state index contributed by atoms with van der Waals surface area (Å²) in [7, 11) is 0. The number of hydrogen-bond donors (Lipinski definition) is 5. The van der Waals surface area contributed by atoms with Gasteiger partial charge in [0.2, 0.25) is 0 Å². The van der Waals surface area contributed by atoms with Gasteiger partial charge in [0, 0.05) is 99.5 Å². The highest BCUT2D eigenvalue weighted by Gasteiger charge is 2.22. The summed E-state index contributed by atoms with van der Waals surface area (Å²) in [5.74, 6) is 2.68. The Morgan fingerprint density at radius 3 is 2.51 bits per heavy atom. The second-order valence-corrected chi connectivity index (χ2v) is 14.7. The number of pyridine rings is 2. The Balaban J connectivity index is 0.000000253.